The summed E-state index contributed by atoms with van der Waals surface area (Å²) in [6, 6.07) is 22.8. The minimum absolute atomic E-state index is 0.156. The lowest BCUT2D eigenvalue weighted by atomic mass is 10.0. The SMILES string of the molecule is O=C(N[C@H](Cc1cccc(Cl)c1)C(=O)O)c1ccc(-c2ccccc2)cc1. The molecule has 0 radical (unpaired) electrons. The number of hydrogen-bond donors (Lipinski definition) is 2. The molecule has 136 valence electrons. The van der Waals surface area contributed by atoms with Crippen LogP contribution in [-0.4, -0.2) is 23.0 Å². The van der Waals surface area contributed by atoms with Gasteiger partial charge in [-0.3, -0.25) is 4.79 Å². The molecule has 0 aliphatic carbocycles. The number of rotatable bonds is 6. The lowest BCUT2D eigenvalue weighted by Crippen LogP contribution is -2.42. The fourth-order valence-electron chi connectivity index (χ4n) is 2.79. The summed E-state index contributed by atoms with van der Waals surface area (Å²) in [7, 11) is 0. The van der Waals surface area contributed by atoms with Gasteiger partial charge in [0.25, 0.3) is 5.91 Å². The van der Waals surface area contributed by atoms with Crippen molar-refractivity contribution in [1.82, 2.24) is 5.32 Å². The van der Waals surface area contributed by atoms with E-state index in [2.05, 4.69) is 5.32 Å². The minimum Gasteiger partial charge on any atom is -0.480 e. The molecule has 0 bridgehead atoms. The fraction of sp³-hybridized carbons (Fsp3) is 0.0909. The smallest absolute Gasteiger partial charge is 0.326 e. The molecule has 3 aromatic carbocycles. The molecule has 2 N–H and O–H groups in total. The Balaban J connectivity index is 1.71. The summed E-state index contributed by atoms with van der Waals surface area (Å²) in [6.07, 6.45) is 0.156. The maximum Gasteiger partial charge on any atom is 0.326 e. The highest BCUT2D eigenvalue weighted by atomic mass is 35.5. The zero-order chi connectivity index (χ0) is 19.2. The van der Waals surface area contributed by atoms with Crippen LogP contribution in [0.3, 0.4) is 0 Å². The van der Waals surface area contributed by atoms with Crippen molar-refractivity contribution >= 4 is 23.5 Å². The Hall–Kier alpha value is -3.11. The topological polar surface area (TPSA) is 66.4 Å². The molecule has 3 rings (SSSR count). The number of amides is 1. The van der Waals surface area contributed by atoms with E-state index in [0.717, 1.165) is 16.7 Å². The monoisotopic (exact) mass is 379 g/mol. The van der Waals surface area contributed by atoms with Gasteiger partial charge in [-0.1, -0.05) is 66.2 Å². The van der Waals surface area contributed by atoms with Crippen molar-refractivity contribution in [3.8, 4) is 11.1 Å². The number of halogens is 1. The second-order valence-corrected chi connectivity index (χ2v) is 6.58. The number of hydrogen-bond acceptors (Lipinski definition) is 2. The predicted octanol–water partition coefficient (Wildman–Crippen LogP) is 4.43. The number of carbonyl (C=O) groups is 2. The van der Waals surface area contributed by atoms with Crippen LogP contribution >= 0.6 is 11.6 Å². The summed E-state index contributed by atoms with van der Waals surface area (Å²) in [5.74, 6) is -1.52. The van der Waals surface area contributed by atoms with Gasteiger partial charge in [0, 0.05) is 17.0 Å². The Labute approximate surface area is 162 Å². The van der Waals surface area contributed by atoms with E-state index in [1.165, 1.54) is 0 Å². The maximum absolute atomic E-state index is 12.5. The maximum atomic E-state index is 12.5. The third-order valence-electron chi connectivity index (χ3n) is 4.19. The van der Waals surface area contributed by atoms with Crippen LogP contribution in [0.25, 0.3) is 11.1 Å². The Morgan fingerprint density at radius 1 is 0.889 bits per heavy atom. The first-order valence-corrected chi connectivity index (χ1v) is 8.84. The first kappa shape index (κ1) is 18.7. The molecular formula is C22H18ClNO3. The molecule has 3 aromatic rings. The average molecular weight is 380 g/mol. The lowest BCUT2D eigenvalue weighted by Gasteiger charge is -2.15. The van der Waals surface area contributed by atoms with Crippen molar-refractivity contribution in [2.24, 2.45) is 0 Å². The molecule has 0 aliphatic rings. The first-order valence-electron chi connectivity index (χ1n) is 8.46. The second kappa shape index (κ2) is 8.52. The van der Waals surface area contributed by atoms with E-state index in [4.69, 9.17) is 11.6 Å². The van der Waals surface area contributed by atoms with E-state index >= 15 is 0 Å². The Kier molecular flexibility index (Phi) is 5.89. The van der Waals surface area contributed by atoms with Crippen LogP contribution < -0.4 is 5.32 Å². The minimum atomic E-state index is -1.09. The molecular weight excluding hydrogens is 362 g/mol. The molecule has 0 saturated carbocycles. The van der Waals surface area contributed by atoms with E-state index in [9.17, 15) is 14.7 Å². The van der Waals surface area contributed by atoms with Gasteiger partial charge >= 0.3 is 5.97 Å². The van der Waals surface area contributed by atoms with Gasteiger partial charge in [0.2, 0.25) is 0 Å². The van der Waals surface area contributed by atoms with E-state index in [1.54, 1.807) is 36.4 Å². The van der Waals surface area contributed by atoms with Gasteiger partial charge in [0.1, 0.15) is 6.04 Å². The average Bonchev–Trinajstić information content (AvgIpc) is 2.68. The second-order valence-electron chi connectivity index (χ2n) is 6.14. The zero-order valence-corrected chi connectivity index (χ0v) is 15.2. The van der Waals surface area contributed by atoms with E-state index in [1.807, 2.05) is 42.5 Å². The van der Waals surface area contributed by atoms with Crippen LogP contribution in [-0.2, 0) is 11.2 Å². The standard InChI is InChI=1S/C22H18ClNO3/c23-19-8-4-5-15(13-19)14-20(22(26)27)24-21(25)18-11-9-17(10-12-18)16-6-2-1-3-7-16/h1-13,20H,14H2,(H,24,25)(H,26,27)/t20-/m1/s1. The van der Waals surface area contributed by atoms with Crippen LogP contribution in [0, 0.1) is 0 Å². The summed E-state index contributed by atoms with van der Waals surface area (Å²) in [4.78, 5) is 24.0. The molecule has 0 aromatic heterocycles. The highest BCUT2D eigenvalue weighted by Gasteiger charge is 2.21. The van der Waals surface area contributed by atoms with Crippen LogP contribution in [0.1, 0.15) is 15.9 Å². The summed E-state index contributed by atoms with van der Waals surface area (Å²) in [5.41, 5.74) is 3.19. The molecule has 0 heterocycles. The van der Waals surface area contributed by atoms with Gasteiger partial charge in [0.15, 0.2) is 0 Å². The van der Waals surface area contributed by atoms with Crippen LogP contribution in [0.4, 0.5) is 0 Å². The number of carboxylic acid groups (broad SMARTS) is 1. The van der Waals surface area contributed by atoms with Crippen molar-refractivity contribution < 1.29 is 14.7 Å². The van der Waals surface area contributed by atoms with Crippen molar-refractivity contribution in [2.45, 2.75) is 12.5 Å². The molecule has 1 atom stereocenters. The molecule has 0 unspecified atom stereocenters. The van der Waals surface area contributed by atoms with E-state index < -0.39 is 17.9 Å². The van der Waals surface area contributed by atoms with Gasteiger partial charge < -0.3 is 10.4 Å². The summed E-state index contributed by atoms with van der Waals surface area (Å²) >= 11 is 5.94. The summed E-state index contributed by atoms with van der Waals surface area (Å²) in [5, 5.41) is 12.6. The molecule has 0 aliphatic heterocycles. The number of aliphatic carboxylic acids is 1. The van der Waals surface area contributed by atoms with Gasteiger partial charge in [0.05, 0.1) is 0 Å². The van der Waals surface area contributed by atoms with Crippen molar-refractivity contribution in [3.63, 3.8) is 0 Å². The number of benzene rings is 3. The molecule has 0 spiro atoms. The first-order chi connectivity index (χ1) is 13.0. The third-order valence-corrected chi connectivity index (χ3v) is 4.42. The molecule has 27 heavy (non-hydrogen) atoms. The number of carboxylic acids is 1. The van der Waals surface area contributed by atoms with Gasteiger partial charge in [-0.15, -0.1) is 0 Å². The van der Waals surface area contributed by atoms with Gasteiger partial charge in [-0.25, -0.2) is 4.79 Å². The Morgan fingerprint density at radius 2 is 1.56 bits per heavy atom. The van der Waals surface area contributed by atoms with E-state index in [-0.39, 0.29) is 6.42 Å². The third kappa shape index (κ3) is 4.96. The van der Waals surface area contributed by atoms with Gasteiger partial charge in [-0.2, -0.15) is 0 Å². The zero-order valence-electron chi connectivity index (χ0n) is 14.4. The van der Waals surface area contributed by atoms with Crippen LogP contribution in [0.15, 0.2) is 78.9 Å². The highest BCUT2D eigenvalue weighted by molar-refractivity contribution is 6.30. The normalized spacial score (nSPS) is 11.6. The summed E-state index contributed by atoms with van der Waals surface area (Å²) < 4.78 is 0. The Morgan fingerprint density at radius 3 is 2.19 bits per heavy atom. The predicted molar refractivity (Wildman–Crippen MR) is 106 cm³/mol. The molecule has 4 nitrogen and oxygen atoms in total. The van der Waals surface area contributed by atoms with Crippen LogP contribution in [0.5, 0.6) is 0 Å². The molecule has 5 heteroatoms. The lowest BCUT2D eigenvalue weighted by molar-refractivity contribution is -0.139. The molecule has 1 amide bonds. The van der Waals surface area contributed by atoms with Gasteiger partial charge in [-0.05, 0) is 41.0 Å². The van der Waals surface area contributed by atoms with Crippen molar-refractivity contribution in [2.75, 3.05) is 0 Å². The quantitative estimate of drug-likeness (QED) is 0.665. The molecule has 0 saturated heterocycles. The van der Waals surface area contributed by atoms with Crippen molar-refractivity contribution in [3.05, 3.63) is 95.0 Å². The number of nitrogens with one attached hydrogen (secondary N) is 1. The molecule has 0 fully saturated rings. The fourth-order valence-corrected chi connectivity index (χ4v) is 3.00. The van der Waals surface area contributed by atoms with E-state index in [0.29, 0.717) is 10.6 Å². The largest absolute Gasteiger partial charge is 0.480 e. The highest BCUT2D eigenvalue weighted by Crippen LogP contribution is 2.19. The summed E-state index contributed by atoms with van der Waals surface area (Å²) in [6.45, 7) is 0. The Bertz CT molecular complexity index is 939. The van der Waals surface area contributed by atoms with Crippen molar-refractivity contribution in [1.29, 1.82) is 0 Å². The number of carbonyl (C=O) groups excluding carboxylic acids is 1. The van der Waals surface area contributed by atoms with Crippen LogP contribution in [0.2, 0.25) is 5.02 Å².